The molecule has 2 N–H and O–H groups in total. The first-order valence-corrected chi connectivity index (χ1v) is 11.4. The predicted molar refractivity (Wildman–Crippen MR) is 135 cm³/mol. The maximum atomic E-state index is 9.05. The summed E-state index contributed by atoms with van der Waals surface area (Å²) < 4.78 is 18.4. The average molecular weight is 504 g/mol. The fourth-order valence-electron chi connectivity index (χ4n) is 3.67. The number of ether oxygens (including phenoxy) is 2. The molecule has 0 amide bonds. The molecule has 37 heavy (non-hydrogen) atoms. The molecule has 0 aliphatic heterocycles. The van der Waals surface area contributed by atoms with E-state index in [0.717, 1.165) is 11.3 Å². The summed E-state index contributed by atoms with van der Waals surface area (Å²) in [5.74, 6) is 2.12. The van der Waals surface area contributed by atoms with Crippen LogP contribution in [0.2, 0.25) is 0 Å². The lowest BCUT2D eigenvalue weighted by Crippen LogP contribution is -2.18. The van der Waals surface area contributed by atoms with Crippen molar-refractivity contribution in [2.24, 2.45) is 7.05 Å². The molecule has 0 unspecified atom stereocenters. The van der Waals surface area contributed by atoms with Gasteiger partial charge in [-0.2, -0.15) is 5.10 Å². The van der Waals surface area contributed by atoms with Gasteiger partial charge in [-0.25, -0.2) is 9.97 Å². The van der Waals surface area contributed by atoms with Gasteiger partial charge in [0.25, 0.3) is 0 Å². The fourth-order valence-corrected chi connectivity index (χ4v) is 3.67. The van der Waals surface area contributed by atoms with E-state index in [4.69, 9.17) is 29.0 Å². The van der Waals surface area contributed by atoms with Gasteiger partial charge in [0, 0.05) is 43.6 Å². The van der Waals surface area contributed by atoms with Crippen LogP contribution in [-0.4, -0.2) is 67.4 Å². The van der Waals surface area contributed by atoms with Gasteiger partial charge in [0.2, 0.25) is 5.89 Å². The SMILES string of the molecule is COc1cc(OC)cc(N(Cc2nnc(NCCO)o2)c2ccc3ncc(-c4cnn(C)c4)nc3n2)c1. The second-order valence-electron chi connectivity index (χ2n) is 7.98. The Morgan fingerprint density at radius 3 is 2.57 bits per heavy atom. The maximum absolute atomic E-state index is 9.05. The molecular weight excluding hydrogens is 478 g/mol. The zero-order valence-corrected chi connectivity index (χ0v) is 20.5. The van der Waals surface area contributed by atoms with E-state index >= 15 is 0 Å². The molecule has 0 spiro atoms. The first-order valence-electron chi connectivity index (χ1n) is 11.4. The summed E-state index contributed by atoms with van der Waals surface area (Å²) in [6.45, 7) is 0.428. The molecule has 0 radical (unpaired) electrons. The number of nitrogens with one attached hydrogen (secondary N) is 1. The van der Waals surface area contributed by atoms with Gasteiger partial charge in [-0.3, -0.25) is 9.67 Å². The summed E-state index contributed by atoms with van der Waals surface area (Å²) in [6, 6.07) is 9.40. The van der Waals surface area contributed by atoms with E-state index < -0.39 is 0 Å². The van der Waals surface area contributed by atoms with Gasteiger partial charge in [-0.1, -0.05) is 5.10 Å². The highest BCUT2D eigenvalue weighted by Gasteiger charge is 2.19. The number of pyridine rings is 1. The zero-order chi connectivity index (χ0) is 25.8. The second-order valence-corrected chi connectivity index (χ2v) is 7.98. The molecule has 0 bridgehead atoms. The number of aliphatic hydroxyl groups is 1. The number of benzene rings is 1. The van der Waals surface area contributed by atoms with Crippen molar-refractivity contribution in [1.82, 2.24) is 34.9 Å². The van der Waals surface area contributed by atoms with E-state index in [0.29, 0.717) is 46.6 Å². The first kappa shape index (κ1) is 23.9. The maximum Gasteiger partial charge on any atom is 0.315 e. The summed E-state index contributed by atoms with van der Waals surface area (Å²) >= 11 is 0. The van der Waals surface area contributed by atoms with Gasteiger partial charge in [0.15, 0.2) is 5.65 Å². The van der Waals surface area contributed by atoms with Gasteiger partial charge in [0.1, 0.15) is 29.4 Å². The van der Waals surface area contributed by atoms with Crippen LogP contribution in [0.5, 0.6) is 11.5 Å². The van der Waals surface area contributed by atoms with E-state index in [9.17, 15) is 0 Å². The lowest BCUT2D eigenvalue weighted by atomic mass is 10.2. The van der Waals surface area contributed by atoms with Crippen LogP contribution in [0.15, 0.2) is 53.3 Å². The Balaban J connectivity index is 1.57. The number of rotatable bonds is 10. The molecule has 5 aromatic rings. The molecule has 0 fully saturated rings. The highest BCUT2D eigenvalue weighted by Crippen LogP contribution is 2.34. The van der Waals surface area contributed by atoms with Crippen molar-refractivity contribution >= 4 is 28.7 Å². The van der Waals surface area contributed by atoms with Crippen molar-refractivity contribution in [1.29, 1.82) is 0 Å². The fraction of sp³-hybridized carbons (Fsp3) is 0.250. The van der Waals surface area contributed by atoms with Crippen LogP contribution in [0.3, 0.4) is 0 Å². The summed E-state index contributed by atoms with van der Waals surface area (Å²) in [4.78, 5) is 15.9. The normalized spacial score (nSPS) is 11.0. The molecule has 0 saturated heterocycles. The lowest BCUT2D eigenvalue weighted by molar-refractivity contribution is 0.309. The largest absolute Gasteiger partial charge is 0.497 e. The minimum absolute atomic E-state index is 0.0590. The molecule has 13 nitrogen and oxygen atoms in total. The molecule has 4 aromatic heterocycles. The van der Waals surface area contributed by atoms with Crippen molar-refractivity contribution in [2.75, 3.05) is 37.6 Å². The summed E-state index contributed by atoms with van der Waals surface area (Å²) in [6.07, 6.45) is 5.30. The Morgan fingerprint density at radius 1 is 1.05 bits per heavy atom. The minimum Gasteiger partial charge on any atom is -0.497 e. The molecule has 0 atom stereocenters. The van der Waals surface area contributed by atoms with Crippen LogP contribution in [0.25, 0.3) is 22.4 Å². The van der Waals surface area contributed by atoms with Crippen molar-refractivity contribution in [2.45, 2.75) is 6.54 Å². The first-order chi connectivity index (χ1) is 18.1. The van der Waals surface area contributed by atoms with Crippen molar-refractivity contribution < 1.29 is 19.0 Å². The smallest absolute Gasteiger partial charge is 0.315 e. The number of aliphatic hydroxyl groups excluding tert-OH is 1. The molecule has 13 heteroatoms. The number of hydrogen-bond acceptors (Lipinski definition) is 12. The molecule has 5 rings (SSSR count). The number of nitrogens with zero attached hydrogens (tertiary/aromatic N) is 8. The van der Waals surface area contributed by atoms with Crippen molar-refractivity contribution in [3.05, 3.63) is 54.8 Å². The van der Waals surface area contributed by atoms with Gasteiger partial charge in [-0.15, -0.1) is 5.10 Å². The van der Waals surface area contributed by atoms with Crippen LogP contribution < -0.4 is 19.7 Å². The Morgan fingerprint density at radius 2 is 1.86 bits per heavy atom. The van der Waals surface area contributed by atoms with Gasteiger partial charge < -0.3 is 29.2 Å². The van der Waals surface area contributed by atoms with E-state index in [1.54, 1.807) is 37.4 Å². The van der Waals surface area contributed by atoms with E-state index in [-0.39, 0.29) is 19.2 Å². The van der Waals surface area contributed by atoms with Crippen LogP contribution in [0, 0.1) is 0 Å². The van der Waals surface area contributed by atoms with E-state index in [1.807, 2.05) is 42.4 Å². The Bertz CT molecular complexity index is 1500. The summed E-state index contributed by atoms with van der Waals surface area (Å²) in [7, 11) is 5.02. The van der Waals surface area contributed by atoms with Crippen LogP contribution in [0.4, 0.5) is 17.5 Å². The third-order valence-electron chi connectivity index (χ3n) is 5.47. The standard InChI is InChI=1S/C24H25N9O4/c1-32-13-15(11-27-32)20-12-26-19-4-5-21(29-23(19)28-20)33(14-22-30-31-24(37-22)25-6-7-34)16-8-17(35-2)10-18(9-16)36-3/h4-5,8-13,34H,6-7,14H2,1-3H3,(H,25,31). The van der Waals surface area contributed by atoms with Gasteiger partial charge in [0.05, 0.1) is 44.6 Å². The molecule has 190 valence electrons. The molecule has 1 aromatic carbocycles. The predicted octanol–water partition coefficient (Wildman–Crippen LogP) is 2.57. The zero-order valence-electron chi connectivity index (χ0n) is 20.5. The highest BCUT2D eigenvalue weighted by molar-refractivity contribution is 5.77. The number of hydrogen-bond donors (Lipinski definition) is 2. The number of aromatic nitrogens is 7. The third-order valence-corrected chi connectivity index (χ3v) is 5.47. The highest BCUT2D eigenvalue weighted by atomic mass is 16.5. The molecule has 0 saturated carbocycles. The van der Waals surface area contributed by atoms with Gasteiger partial charge >= 0.3 is 6.01 Å². The van der Waals surface area contributed by atoms with Crippen molar-refractivity contribution in [3.8, 4) is 22.8 Å². The number of aryl methyl sites for hydroxylation is 1. The second kappa shape index (κ2) is 10.5. The minimum atomic E-state index is -0.0590. The molecule has 0 aliphatic carbocycles. The van der Waals surface area contributed by atoms with Crippen LogP contribution in [-0.2, 0) is 13.6 Å². The van der Waals surface area contributed by atoms with Gasteiger partial charge in [-0.05, 0) is 12.1 Å². The summed E-state index contributed by atoms with van der Waals surface area (Å²) in [5, 5.41) is 24.2. The summed E-state index contributed by atoms with van der Waals surface area (Å²) in [5.41, 5.74) is 3.34. The molecule has 0 aliphatic rings. The lowest BCUT2D eigenvalue weighted by Gasteiger charge is -2.23. The Kier molecular flexibility index (Phi) is 6.76. The van der Waals surface area contributed by atoms with E-state index in [2.05, 4.69) is 25.6 Å². The number of methoxy groups -OCH3 is 2. The molecule has 4 heterocycles. The molecular formula is C24H25N9O4. The average Bonchev–Trinajstić information content (AvgIpc) is 3.58. The monoisotopic (exact) mass is 503 g/mol. The number of anilines is 3. The third kappa shape index (κ3) is 5.26. The number of fused-ring (bicyclic) bond motifs is 1. The Hall–Kier alpha value is -4.78. The van der Waals surface area contributed by atoms with Crippen molar-refractivity contribution in [3.63, 3.8) is 0 Å². The van der Waals surface area contributed by atoms with Crippen LogP contribution in [0.1, 0.15) is 5.89 Å². The van der Waals surface area contributed by atoms with Crippen LogP contribution >= 0.6 is 0 Å². The van der Waals surface area contributed by atoms with E-state index in [1.165, 1.54) is 0 Å². The topological polar surface area (TPSA) is 149 Å². The Labute approximate surface area is 211 Å². The quantitative estimate of drug-likeness (QED) is 0.288.